The molecule has 20 heavy (non-hydrogen) atoms. The third-order valence-electron chi connectivity index (χ3n) is 2.60. The van der Waals surface area contributed by atoms with E-state index >= 15 is 0 Å². The Morgan fingerprint density at radius 2 is 1.40 bits per heavy atom. The molecule has 0 N–H and O–H groups in total. The van der Waals surface area contributed by atoms with Crippen LogP contribution in [0.4, 0.5) is 0 Å². The zero-order chi connectivity index (χ0) is 14.6. The van der Waals surface area contributed by atoms with Crippen LogP contribution in [0.2, 0.25) is 0 Å². The molecule has 0 atom stereocenters. The maximum Gasteiger partial charge on any atom is 0.342 e. The van der Waals surface area contributed by atoms with Gasteiger partial charge in [-0.05, 0) is 36.4 Å². The first-order valence-corrected chi connectivity index (χ1v) is 7.19. The van der Waals surface area contributed by atoms with Crippen LogP contribution in [0, 0.1) is 0 Å². The fraction of sp³-hybridized carbons (Fsp3) is 0.143. The Bertz CT molecular complexity index is 677. The molecule has 0 bridgehead atoms. The summed E-state index contributed by atoms with van der Waals surface area (Å²) in [5.41, 5.74) is 0. The van der Waals surface area contributed by atoms with Gasteiger partial charge in [0.05, 0.1) is 14.2 Å². The second kappa shape index (κ2) is 5.83. The molecular weight excluding hydrogens is 280 g/mol. The van der Waals surface area contributed by atoms with E-state index in [4.69, 9.17) is 13.7 Å². The second-order valence-corrected chi connectivity index (χ2v) is 5.38. The van der Waals surface area contributed by atoms with Crippen LogP contribution in [0.3, 0.4) is 0 Å². The van der Waals surface area contributed by atoms with Gasteiger partial charge in [-0.25, -0.2) is 0 Å². The van der Waals surface area contributed by atoms with Crippen LogP contribution in [0.25, 0.3) is 0 Å². The van der Waals surface area contributed by atoms with E-state index in [9.17, 15) is 8.42 Å². The molecule has 0 saturated carbocycles. The van der Waals surface area contributed by atoms with E-state index in [0.29, 0.717) is 5.75 Å². The summed E-state index contributed by atoms with van der Waals surface area (Å²) in [6, 6.07) is 12.6. The molecule has 2 aromatic carbocycles. The molecule has 0 aliphatic heterocycles. The smallest absolute Gasteiger partial charge is 0.342 e. The van der Waals surface area contributed by atoms with Crippen LogP contribution in [0.5, 0.6) is 17.2 Å². The maximum absolute atomic E-state index is 12.2. The molecule has 2 aromatic rings. The van der Waals surface area contributed by atoms with Crippen molar-refractivity contribution in [3.8, 4) is 17.2 Å². The third kappa shape index (κ3) is 3.03. The molecule has 0 aromatic heterocycles. The zero-order valence-electron chi connectivity index (χ0n) is 11.1. The molecule has 6 heteroatoms. The molecule has 0 unspecified atom stereocenters. The van der Waals surface area contributed by atoms with E-state index in [1.54, 1.807) is 30.3 Å². The minimum atomic E-state index is -3.94. The van der Waals surface area contributed by atoms with Crippen molar-refractivity contribution in [1.82, 2.24) is 0 Å². The van der Waals surface area contributed by atoms with Gasteiger partial charge in [0.25, 0.3) is 0 Å². The molecule has 0 heterocycles. The summed E-state index contributed by atoms with van der Waals surface area (Å²) in [5.74, 6) is 1.06. The summed E-state index contributed by atoms with van der Waals surface area (Å²) in [6.07, 6.45) is 0. The van der Waals surface area contributed by atoms with Crippen molar-refractivity contribution in [3.05, 3.63) is 48.5 Å². The van der Waals surface area contributed by atoms with E-state index in [-0.39, 0.29) is 16.4 Å². The highest BCUT2D eigenvalue weighted by Crippen LogP contribution is 2.27. The first kappa shape index (κ1) is 14.2. The van der Waals surface area contributed by atoms with Gasteiger partial charge >= 0.3 is 10.1 Å². The Hall–Kier alpha value is -2.21. The minimum absolute atomic E-state index is 0.0154. The van der Waals surface area contributed by atoms with E-state index in [1.807, 2.05) is 0 Å². The molecule has 0 spiro atoms. The number of methoxy groups -OCH3 is 2. The van der Waals surface area contributed by atoms with Gasteiger partial charge in [0.2, 0.25) is 0 Å². The fourth-order valence-electron chi connectivity index (χ4n) is 1.63. The van der Waals surface area contributed by atoms with Crippen LogP contribution in [-0.2, 0) is 10.1 Å². The Morgan fingerprint density at radius 1 is 0.800 bits per heavy atom. The van der Waals surface area contributed by atoms with Crippen molar-refractivity contribution in [2.75, 3.05) is 14.2 Å². The molecule has 2 rings (SSSR count). The van der Waals surface area contributed by atoms with Crippen molar-refractivity contribution in [2.24, 2.45) is 0 Å². The first-order chi connectivity index (χ1) is 9.56. The molecule has 0 amide bonds. The van der Waals surface area contributed by atoms with Gasteiger partial charge in [0, 0.05) is 0 Å². The molecule has 0 aliphatic rings. The summed E-state index contributed by atoms with van der Waals surface area (Å²) in [5, 5.41) is 0. The van der Waals surface area contributed by atoms with E-state index in [1.165, 1.54) is 32.4 Å². The number of hydrogen-bond acceptors (Lipinski definition) is 5. The average molecular weight is 294 g/mol. The van der Waals surface area contributed by atoms with Gasteiger partial charge in [-0.2, -0.15) is 8.42 Å². The first-order valence-electron chi connectivity index (χ1n) is 5.78. The van der Waals surface area contributed by atoms with E-state index < -0.39 is 10.1 Å². The molecule has 0 fully saturated rings. The summed E-state index contributed by atoms with van der Waals surface area (Å²) in [7, 11) is -1.01. The van der Waals surface area contributed by atoms with Crippen molar-refractivity contribution in [3.63, 3.8) is 0 Å². The maximum atomic E-state index is 12.2. The van der Waals surface area contributed by atoms with Gasteiger partial charge < -0.3 is 13.7 Å². The number of hydrogen-bond donors (Lipinski definition) is 0. The lowest BCUT2D eigenvalue weighted by Crippen LogP contribution is -2.11. The van der Waals surface area contributed by atoms with Crippen molar-refractivity contribution < 1.29 is 22.1 Å². The van der Waals surface area contributed by atoms with Gasteiger partial charge in [-0.15, -0.1) is 0 Å². The standard InChI is InChI=1S/C14H14O5S/c1-17-11-7-9-12(10-8-11)19-20(15,16)14-6-4-3-5-13(14)18-2/h3-10H,1-2H3. The summed E-state index contributed by atoms with van der Waals surface area (Å²) < 4.78 is 39.5. The quantitative estimate of drug-likeness (QED) is 0.793. The van der Waals surface area contributed by atoms with Crippen LogP contribution in [0.1, 0.15) is 0 Å². The number of rotatable bonds is 5. The lowest BCUT2D eigenvalue weighted by molar-refractivity contribution is 0.398. The predicted octanol–water partition coefficient (Wildman–Crippen LogP) is 2.47. The van der Waals surface area contributed by atoms with Crippen LogP contribution >= 0.6 is 0 Å². The van der Waals surface area contributed by atoms with Crippen molar-refractivity contribution >= 4 is 10.1 Å². The van der Waals surface area contributed by atoms with Gasteiger partial charge in [-0.1, -0.05) is 12.1 Å². The summed E-state index contributed by atoms with van der Waals surface area (Å²) in [6.45, 7) is 0. The SMILES string of the molecule is COc1ccc(OS(=O)(=O)c2ccccc2OC)cc1. The van der Waals surface area contributed by atoms with Crippen LogP contribution in [0.15, 0.2) is 53.4 Å². The lowest BCUT2D eigenvalue weighted by atomic mass is 10.3. The number of para-hydroxylation sites is 1. The largest absolute Gasteiger partial charge is 0.497 e. The normalized spacial score (nSPS) is 10.9. The monoisotopic (exact) mass is 294 g/mol. The molecule has 0 aliphatic carbocycles. The highest BCUT2D eigenvalue weighted by Gasteiger charge is 2.21. The van der Waals surface area contributed by atoms with Crippen LogP contribution in [-0.4, -0.2) is 22.6 Å². The average Bonchev–Trinajstić information content (AvgIpc) is 2.47. The minimum Gasteiger partial charge on any atom is -0.497 e. The molecule has 5 nitrogen and oxygen atoms in total. The van der Waals surface area contributed by atoms with Gasteiger partial charge in [0.1, 0.15) is 22.1 Å². The Labute approximate surface area is 117 Å². The third-order valence-corrected chi connectivity index (χ3v) is 3.89. The number of benzene rings is 2. The summed E-state index contributed by atoms with van der Waals surface area (Å²) in [4.78, 5) is -0.0154. The molecular formula is C14H14O5S. The Kier molecular flexibility index (Phi) is 4.14. The number of ether oxygens (including phenoxy) is 2. The second-order valence-electron chi connectivity index (χ2n) is 3.86. The molecule has 0 saturated heterocycles. The Morgan fingerprint density at radius 3 is 2.00 bits per heavy atom. The molecule has 106 valence electrons. The van der Waals surface area contributed by atoms with Gasteiger partial charge in [0.15, 0.2) is 0 Å². The predicted molar refractivity (Wildman–Crippen MR) is 73.8 cm³/mol. The van der Waals surface area contributed by atoms with E-state index in [2.05, 4.69) is 0 Å². The lowest BCUT2D eigenvalue weighted by Gasteiger charge is -2.10. The fourth-order valence-corrected chi connectivity index (χ4v) is 2.73. The topological polar surface area (TPSA) is 61.8 Å². The highest BCUT2D eigenvalue weighted by molar-refractivity contribution is 7.87. The molecule has 0 radical (unpaired) electrons. The highest BCUT2D eigenvalue weighted by atomic mass is 32.2. The van der Waals surface area contributed by atoms with Gasteiger partial charge in [-0.3, -0.25) is 0 Å². The zero-order valence-corrected chi connectivity index (χ0v) is 11.9. The van der Waals surface area contributed by atoms with Crippen molar-refractivity contribution in [1.29, 1.82) is 0 Å². The van der Waals surface area contributed by atoms with E-state index in [0.717, 1.165) is 0 Å². The van der Waals surface area contributed by atoms with Crippen molar-refractivity contribution in [2.45, 2.75) is 4.90 Å². The Balaban J connectivity index is 2.30. The summed E-state index contributed by atoms with van der Waals surface area (Å²) >= 11 is 0. The van der Waals surface area contributed by atoms with Crippen LogP contribution < -0.4 is 13.7 Å².